The molecule has 0 saturated heterocycles. The summed E-state index contributed by atoms with van der Waals surface area (Å²) in [4.78, 5) is 11.5. The third kappa shape index (κ3) is 2.99. The lowest BCUT2D eigenvalue weighted by Crippen LogP contribution is -2.22. The highest BCUT2D eigenvalue weighted by atomic mass is 16.5. The fraction of sp³-hybridized carbons (Fsp3) is 0.462. The fourth-order valence-electron chi connectivity index (χ4n) is 1.46. The van der Waals surface area contributed by atoms with E-state index in [1.165, 1.54) is 12.8 Å². The topological polar surface area (TPSA) is 38.3 Å². The van der Waals surface area contributed by atoms with Crippen molar-refractivity contribution in [2.24, 2.45) is 5.92 Å². The van der Waals surface area contributed by atoms with Crippen molar-refractivity contribution in [1.82, 2.24) is 5.32 Å². The minimum absolute atomic E-state index is 0.0313. The van der Waals surface area contributed by atoms with Gasteiger partial charge >= 0.3 is 0 Å². The molecule has 86 valence electrons. The van der Waals surface area contributed by atoms with Gasteiger partial charge in [-0.1, -0.05) is 0 Å². The van der Waals surface area contributed by atoms with Crippen molar-refractivity contribution in [2.45, 2.75) is 19.8 Å². The summed E-state index contributed by atoms with van der Waals surface area (Å²) in [5.74, 6) is 1.57. The fourth-order valence-corrected chi connectivity index (χ4v) is 1.46. The van der Waals surface area contributed by atoms with Gasteiger partial charge < -0.3 is 10.1 Å². The Bertz CT molecular complexity index is 355. The second kappa shape index (κ2) is 5.01. The zero-order valence-corrected chi connectivity index (χ0v) is 9.53. The van der Waals surface area contributed by atoms with Crippen LogP contribution in [0.2, 0.25) is 0 Å². The molecule has 1 aliphatic rings. The molecular weight excluding hydrogens is 202 g/mol. The van der Waals surface area contributed by atoms with E-state index in [1.807, 2.05) is 19.1 Å². The summed E-state index contributed by atoms with van der Waals surface area (Å²) in [6, 6.07) is 7.31. The van der Waals surface area contributed by atoms with Crippen molar-refractivity contribution in [2.75, 3.05) is 13.2 Å². The Balaban J connectivity index is 1.89. The molecular formula is C13H17NO2. The average molecular weight is 219 g/mol. The van der Waals surface area contributed by atoms with Gasteiger partial charge in [-0.2, -0.15) is 0 Å². The van der Waals surface area contributed by atoms with Crippen molar-refractivity contribution in [3.63, 3.8) is 0 Å². The predicted octanol–water partition coefficient (Wildman–Crippen LogP) is 2.23. The van der Waals surface area contributed by atoms with E-state index in [0.29, 0.717) is 12.1 Å². The van der Waals surface area contributed by atoms with Crippen LogP contribution in [0.15, 0.2) is 24.3 Å². The Labute approximate surface area is 95.8 Å². The molecule has 1 saturated carbocycles. The minimum atomic E-state index is -0.0313. The van der Waals surface area contributed by atoms with Crippen molar-refractivity contribution >= 4 is 5.91 Å². The van der Waals surface area contributed by atoms with E-state index in [1.54, 1.807) is 12.1 Å². The molecule has 2 rings (SSSR count). The molecule has 1 fully saturated rings. The lowest BCUT2D eigenvalue weighted by atomic mass is 10.2. The number of carbonyl (C=O) groups excluding carboxylic acids is 1. The zero-order chi connectivity index (χ0) is 11.4. The van der Waals surface area contributed by atoms with Crippen LogP contribution in [0.25, 0.3) is 0 Å². The predicted molar refractivity (Wildman–Crippen MR) is 62.7 cm³/mol. The third-order valence-electron chi connectivity index (χ3n) is 2.64. The van der Waals surface area contributed by atoms with Crippen LogP contribution in [0.5, 0.6) is 5.75 Å². The van der Waals surface area contributed by atoms with Crippen molar-refractivity contribution in [3.05, 3.63) is 29.8 Å². The molecule has 1 aromatic rings. The van der Waals surface area contributed by atoms with E-state index in [0.717, 1.165) is 18.3 Å². The smallest absolute Gasteiger partial charge is 0.251 e. The molecule has 1 N–H and O–H groups in total. The van der Waals surface area contributed by atoms with Crippen LogP contribution in [0.3, 0.4) is 0 Å². The van der Waals surface area contributed by atoms with E-state index in [4.69, 9.17) is 4.74 Å². The molecule has 1 aliphatic carbocycles. The quantitative estimate of drug-likeness (QED) is 0.824. The number of amides is 1. The molecule has 0 radical (unpaired) electrons. The first-order chi connectivity index (χ1) is 7.79. The largest absolute Gasteiger partial charge is 0.493 e. The lowest BCUT2D eigenvalue weighted by molar-refractivity contribution is 0.0956. The number of nitrogens with one attached hydrogen (secondary N) is 1. The van der Waals surface area contributed by atoms with Crippen molar-refractivity contribution in [1.29, 1.82) is 0 Å². The lowest BCUT2D eigenvalue weighted by Gasteiger charge is -2.06. The summed E-state index contributed by atoms with van der Waals surface area (Å²) < 4.78 is 5.59. The number of carbonyl (C=O) groups is 1. The number of hydrogen-bond acceptors (Lipinski definition) is 2. The van der Waals surface area contributed by atoms with Gasteiger partial charge in [0, 0.05) is 12.1 Å². The van der Waals surface area contributed by atoms with Gasteiger partial charge in [0.1, 0.15) is 5.75 Å². The Hall–Kier alpha value is -1.51. The maximum atomic E-state index is 11.5. The van der Waals surface area contributed by atoms with Crippen LogP contribution >= 0.6 is 0 Å². The second-order valence-corrected chi connectivity index (χ2v) is 4.14. The first-order valence-electron chi connectivity index (χ1n) is 5.80. The van der Waals surface area contributed by atoms with Crippen LogP contribution in [0.4, 0.5) is 0 Å². The molecule has 1 amide bonds. The van der Waals surface area contributed by atoms with Crippen LogP contribution in [-0.2, 0) is 0 Å². The molecule has 0 unspecified atom stereocenters. The number of ether oxygens (including phenoxy) is 1. The Morgan fingerprint density at radius 2 is 2.06 bits per heavy atom. The van der Waals surface area contributed by atoms with E-state index in [9.17, 15) is 4.79 Å². The molecule has 0 aliphatic heterocycles. The summed E-state index contributed by atoms with van der Waals surface area (Å²) in [5.41, 5.74) is 0.681. The maximum absolute atomic E-state index is 11.5. The Kier molecular flexibility index (Phi) is 3.44. The second-order valence-electron chi connectivity index (χ2n) is 4.14. The SMILES string of the molecule is CCNC(=O)c1ccc(OCC2CC2)cc1. The normalized spacial score (nSPS) is 14.6. The van der Waals surface area contributed by atoms with Crippen LogP contribution in [0, 0.1) is 5.92 Å². The summed E-state index contributed by atoms with van der Waals surface area (Å²) in [7, 11) is 0. The Morgan fingerprint density at radius 1 is 1.38 bits per heavy atom. The van der Waals surface area contributed by atoms with Gasteiger partial charge in [-0.05, 0) is 49.9 Å². The van der Waals surface area contributed by atoms with E-state index in [-0.39, 0.29) is 5.91 Å². The molecule has 0 atom stereocenters. The summed E-state index contributed by atoms with van der Waals surface area (Å²) >= 11 is 0. The van der Waals surface area contributed by atoms with E-state index < -0.39 is 0 Å². The van der Waals surface area contributed by atoms with Crippen molar-refractivity contribution in [3.8, 4) is 5.75 Å². The van der Waals surface area contributed by atoms with Crippen molar-refractivity contribution < 1.29 is 9.53 Å². The highest BCUT2D eigenvalue weighted by molar-refractivity contribution is 5.94. The van der Waals surface area contributed by atoms with Crippen LogP contribution in [0.1, 0.15) is 30.1 Å². The number of benzene rings is 1. The first-order valence-corrected chi connectivity index (χ1v) is 5.80. The van der Waals surface area contributed by atoms with Gasteiger partial charge in [-0.25, -0.2) is 0 Å². The highest BCUT2D eigenvalue weighted by Gasteiger charge is 2.21. The standard InChI is InChI=1S/C13H17NO2/c1-2-14-13(15)11-5-7-12(8-6-11)16-9-10-3-4-10/h5-8,10H,2-4,9H2,1H3,(H,14,15). The molecule has 0 heterocycles. The van der Waals surface area contributed by atoms with E-state index in [2.05, 4.69) is 5.32 Å². The number of hydrogen-bond donors (Lipinski definition) is 1. The summed E-state index contributed by atoms with van der Waals surface area (Å²) in [5, 5.41) is 2.76. The van der Waals surface area contributed by atoms with Gasteiger partial charge in [0.25, 0.3) is 5.91 Å². The molecule has 3 heteroatoms. The first kappa shape index (κ1) is 11.0. The third-order valence-corrected chi connectivity index (χ3v) is 2.64. The minimum Gasteiger partial charge on any atom is -0.493 e. The highest BCUT2D eigenvalue weighted by Crippen LogP contribution is 2.29. The van der Waals surface area contributed by atoms with Gasteiger partial charge in [0.2, 0.25) is 0 Å². The Morgan fingerprint density at radius 3 is 2.62 bits per heavy atom. The average Bonchev–Trinajstić information content (AvgIpc) is 3.11. The van der Waals surface area contributed by atoms with Gasteiger partial charge in [0.05, 0.1) is 6.61 Å². The van der Waals surface area contributed by atoms with E-state index >= 15 is 0 Å². The molecule has 0 aromatic heterocycles. The molecule has 16 heavy (non-hydrogen) atoms. The maximum Gasteiger partial charge on any atom is 0.251 e. The van der Waals surface area contributed by atoms with Gasteiger partial charge in [-0.3, -0.25) is 4.79 Å². The monoisotopic (exact) mass is 219 g/mol. The molecule has 0 bridgehead atoms. The number of rotatable bonds is 5. The molecule has 1 aromatic carbocycles. The van der Waals surface area contributed by atoms with Crippen LogP contribution in [-0.4, -0.2) is 19.1 Å². The van der Waals surface area contributed by atoms with Crippen LogP contribution < -0.4 is 10.1 Å². The zero-order valence-electron chi connectivity index (χ0n) is 9.53. The molecule has 0 spiro atoms. The molecule has 3 nitrogen and oxygen atoms in total. The van der Waals surface area contributed by atoms with Gasteiger partial charge in [-0.15, -0.1) is 0 Å². The summed E-state index contributed by atoms with van der Waals surface area (Å²) in [6.07, 6.45) is 2.58. The summed E-state index contributed by atoms with van der Waals surface area (Å²) in [6.45, 7) is 3.37. The van der Waals surface area contributed by atoms with Gasteiger partial charge in [0.15, 0.2) is 0 Å².